The van der Waals surface area contributed by atoms with Gasteiger partial charge in [0.25, 0.3) is 0 Å². The number of hydrogen-bond donors (Lipinski definition) is 2. The Kier molecular flexibility index (Phi) is 4.10. The van der Waals surface area contributed by atoms with E-state index in [-0.39, 0.29) is 11.9 Å². The van der Waals surface area contributed by atoms with Gasteiger partial charge in [0.1, 0.15) is 0 Å². The summed E-state index contributed by atoms with van der Waals surface area (Å²) < 4.78 is 1.01. The van der Waals surface area contributed by atoms with Crippen LogP contribution < -0.4 is 11.1 Å². The van der Waals surface area contributed by atoms with Crippen LogP contribution in [-0.4, -0.2) is 19.0 Å². The second-order valence-electron chi connectivity index (χ2n) is 3.08. The highest BCUT2D eigenvalue weighted by molar-refractivity contribution is 9.10. The number of carbonyl (C=O) groups is 1. The molecule has 1 rings (SSSR count). The van der Waals surface area contributed by atoms with Crippen molar-refractivity contribution in [3.63, 3.8) is 0 Å². The van der Waals surface area contributed by atoms with Crippen molar-refractivity contribution in [2.75, 3.05) is 7.05 Å². The van der Waals surface area contributed by atoms with Gasteiger partial charge in [0.05, 0.1) is 6.04 Å². The maximum atomic E-state index is 11.0. The van der Waals surface area contributed by atoms with E-state index >= 15 is 0 Å². The fourth-order valence-electron chi connectivity index (χ4n) is 1.24. The van der Waals surface area contributed by atoms with Crippen molar-refractivity contribution >= 4 is 21.8 Å². The van der Waals surface area contributed by atoms with Crippen molar-refractivity contribution in [1.82, 2.24) is 5.32 Å². The van der Waals surface area contributed by atoms with E-state index in [4.69, 9.17) is 5.73 Å². The number of nitrogens with two attached hydrogens (primary N) is 1. The van der Waals surface area contributed by atoms with Gasteiger partial charge in [-0.2, -0.15) is 0 Å². The largest absolute Gasteiger partial charge is 0.368 e. The lowest BCUT2D eigenvalue weighted by molar-refractivity contribution is -0.119. The summed E-state index contributed by atoms with van der Waals surface area (Å²) in [5.41, 5.74) is 6.30. The third-order valence-electron chi connectivity index (χ3n) is 2.02. The molecule has 0 saturated carbocycles. The van der Waals surface area contributed by atoms with Gasteiger partial charge in [-0.1, -0.05) is 28.1 Å². The first-order chi connectivity index (χ1) is 6.63. The van der Waals surface area contributed by atoms with Crippen LogP contribution in [0.15, 0.2) is 28.7 Å². The minimum Gasteiger partial charge on any atom is -0.368 e. The summed E-state index contributed by atoms with van der Waals surface area (Å²) in [6.45, 7) is 0. The van der Waals surface area contributed by atoms with Crippen LogP contribution in [-0.2, 0) is 11.2 Å². The van der Waals surface area contributed by atoms with Crippen LogP contribution in [0, 0.1) is 0 Å². The Balaban J connectivity index is 2.72. The van der Waals surface area contributed by atoms with Crippen LogP contribution in [0.5, 0.6) is 0 Å². The summed E-state index contributed by atoms with van der Waals surface area (Å²) in [5, 5.41) is 2.88. The van der Waals surface area contributed by atoms with Crippen molar-refractivity contribution < 1.29 is 4.79 Å². The van der Waals surface area contributed by atoms with E-state index < -0.39 is 0 Å². The molecule has 0 radical (unpaired) electrons. The number of halogens is 1. The van der Waals surface area contributed by atoms with Crippen LogP contribution >= 0.6 is 15.9 Å². The molecule has 1 amide bonds. The highest BCUT2D eigenvalue weighted by Crippen LogP contribution is 2.12. The summed E-state index contributed by atoms with van der Waals surface area (Å²) in [7, 11) is 1.73. The molecule has 76 valence electrons. The number of carbonyl (C=O) groups excluding carboxylic acids is 1. The van der Waals surface area contributed by atoms with Gasteiger partial charge in [0.15, 0.2) is 0 Å². The predicted octanol–water partition coefficient (Wildman–Crippen LogP) is 1.06. The number of nitrogens with one attached hydrogen (secondary N) is 1. The number of hydrogen-bond acceptors (Lipinski definition) is 2. The molecular weight excluding hydrogens is 244 g/mol. The molecule has 0 spiro atoms. The molecule has 1 aromatic carbocycles. The fourth-order valence-corrected chi connectivity index (χ4v) is 1.69. The summed E-state index contributed by atoms with van der Waals surface area (Å²) in [6, 6.07) is 7.53. The molecular formula is C10H13BrN2O. The molecule has 0 aromatic heterocycles. The molecule has 1 atom stereocenters. The molecule has 1 aromatic rings. The van der Waals surface area contributed by atoms with Crippen LogP contribution in [0.25, 0.3) is 0 Å². The summed E-state index contributed by atoms with van der Waals surface area (Å²) in [6.07, 6.45) is 0.616. The highest BCUT2D eigenvalue weighted by atomic mass is 79.9. The third-order valence-corrected chi connectivity index (χ3v) is 2.51. The number of likely N-dealkylation sites (N-methyl/N-ethyl adjacent to an activating group) is 1. The topological polar surface area (TPSA) is 55.1 Å². The monoisotopic (exact) mass is 256 g/mol. The zero-order chi connectivity index (χ0) is 10.6. The lowest BCUT2D eigenvalue weighted by Crippen LogP contribution is -2.40. The quantitative estimate of drug-likeness (QED) is 0.847. The van der Waals surface area contributed by atoms with Gasteiger partial charge in [0.2, 0.25) is 5.91 Å². The Hall–Kier alpha value is -0.870. The molecule has 0 bridgehead atoms. The molecule has 0 aliphatic heterocycles. The van der Waals surface area contributed by atoms with Gasteiger partial charge in [-0.25, -0.2) is 0 Å². The molecule has 3 nitrogen and oxygen atoms in total. The van der Waals surface area contributed by atoms with E-state index in [2.05, 4.69) is 21.2 Å². The molecule has 0 heterocycles. The van der Waals surface area contributed by atoms with Crippen molar-refractivity contribution in [3.8, 4) is 0 Å². The van der Waals surface area contributed by atoms with Crippen molar-refractivity contribution in [2.24, 2.45) is 5.73 Å². The minimum absolute atomic E-state index is 0.302. The lowest BCUT2D eigenvalue weighted by Gasteiger charge is -2.11. The Morgan fingerprint density at radius 1 is 1.64 bits per heavy atom. The Labute approximate surface area is 91.8 Å². The maximum absolute atomic E-state index is 11.0. The Bertz CT molecular complexity index is 328. The second kappa shape index (κ2) is 5.12. The van der Waals surface area contributed by atoms with Crippen molar-refractivity contribution in [2.45, 2.75) is 12.5 Å². The van der Waals surface area contributed by atoms with E-state index in [0.29, 0.717) is 6.42 Å². The van der Waals surface area contributed by atoms with E-state index in [1.165, 1.54) is 0 Å². The molecule has 0 aliphatic carbocycles. The predicted molar refractivity (Wildman–Crippen MR) is 59.9 cm³/mol. The van der Waals surface area contributed by atoms with Gasteiger partial charge in [-0.05, 0) is 31.2 Å². The van der Waals surface area contributed by atoms with Crippen molar-refractivity contribution in [1.29, 1.82) is 0 Å². The van der Waals surface area contributed by atoms with E-state index in [1.807, 2.05) is 24.3 Å². The highest BCUT2D eigenvalue weighted by Gasteiger charge is 2.12. The summed E-state index contributed by atoms with van der Waals surface area (Å²) in [4.78, 5) is 11.0. The normalized spacial score (nSPS) is 12.4. The molecule has 14 heavy (non-hydrogen) atoms. The Morgan fingerprint density at radius 3 is 2.86 bits per heavy atom. The van der Waals surface area contributed by atoms with E-state index in [0.717, 1.165) is 10.0 Å². The maximum Gasteiger partial charge on any atom is 0.234 e. The first-order valence-electron chi connectivity index (χ1n) is 4.34. The molecule has 0 saturated heterocycles. The summed E-state index contributed by atoms with van der Waals surface area (Å²) >= 11 is 3.37. The molecule has 4 heteroatoms. The van der Waals surface area contributed by atoms with Gasteiger partial charge >= 0.3 is 0 Å². The molecule has 0 aliphatic rings. The average Bonchev–Trinajstić information content (AvgIpc) is 2.14. The van der Waals surface area contributed by atoms with Crippen LogP contribution in [0.4, 0.5) is 0 Å². The van der Waals surface area contributed by atoms with Gasteiger partial charge < -0.3 is 11.1 Å². The number of amides is 1. The lowest BCUT2D eigenvalue weighted by atomic mass is 10.1. The van der Waals surface area contributed by atoms with Crippen LogP contribution in [0.1, 0.15) is 5.56 Å². The van der Waals surface area contributed by atoms with Crippen LogP contribution in [0.2, 0.25) is 0 Å². The van der Waals surface area contributed by atoms with Crippen molar-refractivity contribution in [3.05, 3.63) is 34.3 Å². The zero-order valence-corrected chi connectivity index (χ0v) is 9.54. The number of rotatable bonds is 4. The van der Waals surface area contributed by atoms with Gasteiger partial charge in [-0.3, -0.25) is 4.79 Å². The van der Waals surface area contributed by atoms with Gasteiger partial charge in [0, 0.05) is 4.47 Å². The SMILES string of the molecule is CNC(Cc1cccc(Br)c1)C(N)=O. The first-order valence-corrected chi connectivity index (χ1v) is 5.14. The minimum atomic E-state index is -0.326. The smallest absolute Gasteiger partial charge is 0.234 e. The molecule has 0 fully saturated rings. The fraction of sp³-hybridized carbons (Fsp3) is 0.300. The first kappa shape index (κ1) is 11.2. The third kappa shape index (κ3) is 3.12. The van der Waals surface area contributed by atoms with E-state index in [1.54, 1.807) is 7.05 Å². The number of primary amides is 1. The second-order valence-corrected chi connectivity index (χ2v) is 3.99. The van der Waals surface area contributed by atoms with E-state index in [9.17, 15) is 4.79 Å². The van der Waals surface area contributed by atoms with Gasteiger partial charge in [-0.15, -0.1) is 0 Å². The summed E-state index contributed by atoms with van der Waals surface area (Å²) in [5.74, 6) is -0.326. The average molecular weight is 257 g/mol. The van der Waals surface area contributed by atoms with Crippen LogP contribution in [0.3, 0.4) is 0 Å². The standard InChI is InChI=1S/C10H13BrN2O/c1-13-9(10(12)14)6-7-3-2-4-8(11)5-7/h2-5,9,13H,6H2,1H3,(H2,12,14). The number of benzene rings is 1. The zero-order valence-electron chi connectivity index (χ0n) is 7.96. The Morgan fingerprint density at radius 2 is 2.36 bits per heavy atom. The molecule has 1 unspecified atom stereocenters. The molecule has 3 N–H and O–H groups in total.